The van der Waals surface area contributed by atoms with Crippen LogP contribution in [-0.4, -0.2) is 30.0 Å². The van der Waals surface area contributed by atoms with E-state index in [2.05, 4.69) is 15.2 Å². The third-order valence-electron chi connectivity index (χ3n) is 3.10. The fraction of sp³-hybridized carbons (Fsp3) is 0.571. The first-order chi connectivity index (χ1) is 8.36. The number of amides is 1. The Kier molecular flexibility index (Phi) is 3.28. The van der Waals surface area contributed by atoms with Crippen LogP contribution >= 0.6 is 0 Å². The van der Waals surface area contributed by atoms with Crippen molar-refractivity contribution in [1.29, 1.82) is 0 Å². The third-order valence-corrected chi connectivity index (χ3v) is 3.10. The molecule has 1 fully saturated rings. The van der Waals surface area contributed by atoms with Crippen LogP contribution in [0, 0.1) is 12.3 Å². The number of hydrogen-bond acceptors (Lipinski definition) is 3. The number of carbonyl (C=O) groups excluding carboxylic acids is 1. The molecule has 1 N–H and O–H groups in total. The van der Waals surface area contributed by atoms with E-state index >= 15 is 0 Å². The summed E-state index contributed by atoms with van der Waals surface area (Å²) in [6.07, 6.45) is 0. The predicted octanol–water partition coefficient (Wildman–Crippen LogP) is 1.74. The summed E-state index contributed by atoms with van der Waals surface area (Å²) in [5, 5.41) is 3.06. The van der Waals surface area contributed by atoms with E-state index in [0.29, 0.717) is 0 Å². The molecule has 4 heteroatoms. The first-order valence-electron chi connectivity index (χ1n) is 6.36. The summed E-state index contributed by atoms with van der Waals surface area (Å²) in [5.41, 5.74) is 0.705. The normalized spacial score (nSPS) is 16.3. The second kappa shape index (κ2) is 4.59. The fourth-order valence-corrected chi connectivity index (χ4v) is 1.86. The minimum Gasteiger partial charge on any atom is -0.352 e. The van der Waals surface area contributed by atoms with Crippen molar-refractivity contribution in [2.45, 2.75) is 33.7 Å². The maximum absolute atomic E-state index is 11.8. The molecule has 0 unspecified atom stereocenters. The zero-order valence-corrected chi connectivity index (χ0v) is 11.5. The van der Waals surface area contributed by atoms with Gasteiger partial charge in [0.15, 0.2) is 0 Å². The molecule has 1 saturated heterocycles. The molecule has 0 aromatic carbocycles. The highest BCUT2D eigenvalue weighted by Gasteiger charge is 2.32. The van der Waals surface area contributed by atoms with Crippen LogP contribution in [0.25, 0.3) is 0 Å². The van der Waals surface area contributed by atoms with E-state index < -0.39 is 0 Å². The van der Waals surface area contributed by atoms with Gasteiger partial charge in [0.25, 0.3) is 0 Å². The molecule has 1 aromatic heterocycles. The van der Waals surface area contributed by atoms with Gasteiger partial charge in [0.1, 0.15) is 5.82 Å². The molecule has 2 rings (SSSR count). The van der Waals surface area contributed by atoms with Crippen molar-refractivity contribution in [2.24, 2.45) is 5.41 Å². The van der Waals surface area contributed by atoms with Gasteiger partial charge in [0.05, 0.1) is 6.04 Å². The number of nitrogens with one attached hydrogen (secondary N) is 1. The average Bonchev–Trinajstić information content (AvgIpc) is 2.20. The minimum absolute atomic E-state index is 0.115. The molecule has 1 aromatic rings. The number of carbonyl (C=O) groups is 1. The van der Waals surface area contributed by atoms with Gasteiger partial charge in [-0.3, -0.25) is 4.79 Å². The van der Waals surface area contributed by atoms with Crippen LogP contribution in [0.1, 0.15) is 26.5 Å². The summed E-state index contributed by atoms with van der Waals surface area (Å²) in [4.78, 5) is 18.5. The van der Waals surface area contributed by atoms with E-state index in [4.69, 9.17) is 0 Å². The molecule has 0 saturated carbocycles. The lowest BCUT2D eigenvalue weighted by molar-refractivity contribution is -0.129. The molecule has 98 valence electrons. The SMILES string of the molecule is Cc1cccc(N2CC(NC(=O)C(C)(C)C)C2)n1. The van der Waals surface area contributed by atoms with Gasteiger partial charge in [-0.2, -0.15) is 0 Å². The molecule has 1 aliphatic rings. The molecule has 0 atom stereocenters. The summed E-state index contributed by atoms with van der Waals surface area (Å²) < 4.78 is 0. The van der Waals surface area contributed by atoms with Crippen LogP contribution in [0.5, 0.6) is 0 Å². The molecular weight excluding hydrogens is 226 g/mol. The molecule has 4 nitrogen and oxygen atoms in total. The van der Waals surface area contributed by atoms with Crippen molar-refractivity contribution in [3.05, 3.63) is 23.9 Å². The van der Waals surface area contributed by atoms with E-state index in [0.717, 1.165) is 24.6 Å². The lowest BCUT2D eigenvalue weighted by Crippen LogP contribution is -2.61. The van der Waals surface area contributed by atoms with Crippen molar-refractivity contribution in [3.63, 3.8) is 0 Å². The zero-order chi connectivity index (χ0) is 13.3. The van der Waals surface area contributed by atoms with E-state index in [9.17, 15) is 4.79 Å². The Morgan fingerprint density at radius 1 is 1.39 bits per heavy atom. The van der Waals surface area contributed by atoms with Crippen LogP contribution in [0.2, 0.25) is 0 Å². The van der Waals surface area contributed by atoms with Crippen LogP contribution in [0.4, 0.5) is 5.82 Å². The van der Waals surface area contributed by atoms with Gasteiger partial charge in [0, 0.05) is 24.2 Å². The molecular formula is C14H21N3O. The highest BCUT2D eigenvalue weighted by Crippen LogP contribution is 2.20. The number of aromatic nitrogens is 1. The van der Waals surface area contributed by atoms with Gasteiger partial charge in [-0.25, -0.2) is 4.98 Å². The number of aryl methyl sites for hydroxylation is 1. The number of nitrogens with zero attached hydrogens (tertiary/aromatic N) is 2. The summed E-state index contributed by atoms with van der Waals surface area (Å²) in [6.45, 7) is 9.47. The Balaban J connectivity index is 1.86. The van der Waals surface area contributed by atoms with Gasteiger partial charge in [-0.05, 0) is 19.1 Å². The number of hydrogen-bond donors (Lipinski definition) is 1. The molecule has 0 aliphatic carbocycles. The van der Waals surface area contributed by atoms with Crippen LogP contribution in [0.15, 0.2) is 18.2 Å². The van der Waals surface area contributed by atoms with E-state index in [1.807, 2.05) is 45.9 Å². The third kappa shape index (κ3) is 2.81. The molecule has 0 bridgehead atoms. The summed E-state index contributed by atoms with van der Waals surface area (Å²) in [5.74, 6) is 1.11. The van der Waals surface area contributed by atoms with Crippen LogP contribution in [0.3, 0.4) is 0 Å². The lowest BCUT2D eigenvalue weighted by Gasteiger charge is -2.41. The molecule has 0 radical (unpaired) electrons. The molecule has 18 heavy (non-hydrogen) atoms. The van der Waals surface area contributed by atoms with E-state index in [1.54, 1.807) is 0 Å². The van der Waals surface area contributed by atoms with Gasteiger partial charge >= 0.3 is 0 Å². The van der Waals surface area contributed by atoms with Crippen molar-refractivity contribution in [3.8, 4) is 0 Å². The van der Waals surface area contributed by atoms with Crippen LogP contribution < -0.4 is 10.2 Å². The van der Waals surface area contributed by atoms with Crippen molar-refractivity contribution < 1.29 is 4.79 Å². The Morgan fingerprint density at radius 3 is 2.61 bits per heavy atom. The topological polar surface area (TPSA) is 45.2 Å². The van der Waals surface area contributed by atoms with Gasteiger partial charge < -0.3 is 10.2 Å². The Morgan fingerprint density at radius 2 is 2.06 bits per heavy atom. The maximum atomic E-state index is 11.8. The molecule has 1 amide bonds. The first-order valence-corrected chi connectivity index (χ1v) is 6.36. The Hall–Kier alpha value is -1.58. The minimum atomic E-state index is -0.317. The highest BCUT2D eigenvalue weighted by molar-refractivity contribution is 5.82. The number of rotatable bonds is 2. The van der Waals surface area contributed by atoms with E-state index in [1.165, 1.54) is 0 Å². The van der Waals surface area contributed by atoms with E-state index in [-0.39, 0.29) is 17.4 Å². The van der Waals surface area contributed by atoms with Gasteiger partial charge in [-0.15, -0.1) is 0 Å². The lowest BCUT2D eigenvalue weighted by atomic mass is 9.94. The van der Waals surface area contributed by atoms with Crippen molar-refractivity contribution in [1.82, 2.24) is 10.3 Å². The highest BCUT2D eigenvalue weighted by atomic mass is 16.2. The number of pyridine rings is 1. The average molecular weight is 247 g/mol. The second-order valence-electron chi connectivity index (χ2n) is 5.96. The molecule has 1 aliphatic heterocycles. The van der Waals surface area contributed by atoms with Crippen molar-refractivity contribution >= 4 is 11.7 Å². The first kappa shape index (κ1) is 12.9. The summed E-state index contributed by atoms with van der Waals surface area (Å²) in [6, 6.07) is 6.26. The number of anilines is 1. The van der Waals surface area contributed by atoms with Gasteiger partial charge in [-0.1, -0.05) is 26.8 Å². The monoisotopic (exact) mass is 247 g/mol. The molecule has 2 heterocycles. The maximum Gasteiger partial charge on any atom is 0.225 e. The van der Waals surface area contributed by atoms with Gasteiger partial charge in [0.2, 0.25) is 5.91 Å². The Labute approximate surface area is 108 Å². The second-order valence-corrected chi connectivity index (χ2v) is 5.96. The fourth-order valence-electron chi connectivity index (χ4n) is 1.86. The largest absolute Gasteiger partial charge is 0.352 e. The predicted molar refractivity (Wildman–Crippen MR) is 72.6 cm³/mol. The smallest absolute Gasteiger partial charge is 0.225 e. The summed E-state index contributed by atoms with van der Waals surface area (Å²) >= 11 is 0. The zero-order valence-electron chi connectivity index (χ0n) is 11.5. The quantitative estimate of drug-likeness (QED) is 0.866. The molecule has 0 spiro atoms. The standard InChI is InChI=1S/C14H21N3O/c1-10-6-5-7-12(15-10)17-8-11(9-17)16-13(18)14(2,3)4/h5-7,11H,8-9H2,1-4H3,(H,16,18). The Bertz CT molecular complexity index is 445. The summed E-state index contributed by atoms with van der Waals surface area (Å²) in [7, 11) is 0. The van der Waals surface area contributed by atoms with Crippen LogP contribution in [-0.2, 0) is 4.79 Å². The van der Waals surface area contributed by atoms with Crippen molar-refractivity contribution in [2.75, 3.05) is 18.0 Å².